The van der Waals surface area contributed by atoms with E-state index in [4.69, 9.17) is 32.7 Å². The molecular formula is C18H18Cl2N4O2. The molecule has 6 nitrogen and oxygen atoms in total. The summed E-state index contributed by atoms with van der Waals surface area (Å²) in [6.45, 7) is 4.65. The van der Waals surface area contributed by atoms with Crippen LogP contribution in [0.2, 0.25) is 10.0 Å². The van der Waals surface area contributed by atoms with Crippen LogP contribution in [-0.4, -0.2) is 27.3 Å². The Kier molecular flexibility index (Phi) is 5.64. The summed E-state index contributed by atoms with van der Waals surface area (Å²) in [5.41, 5.74) is 1.92. The molecule has 0 saturated heterocycles. The third-order valence-electron chi connectivity index (χ3n) is 3.84. The number of hydrogen-bond donors (Lipinski definition) is 0. The van der Waals surface area contributed by atoms with Gasteiger partial charge in [0.05, 0.1) is 23.7 Å². The number of rotatable bonds is 6. The Morgan fingerprint density at radius 2 is 1.85 bits per heavy atom. The molecule has 136 valence electrons. The van der Waals surface area contributed by atoms with Crippen LogP contribution >= 0.6 is 23.2 Å². The summed E-state index contributed by atoms with van der Waals surface area (Å²) in [6.07, 6.45) is 1.52. The number of methoxy groups -OCH3 is 1. The van der Waals surface area contributed by atoms with Crippen LogP contribution in [0.15, 0.2) is 36.7 Å². The van der Waals surface area contributed by atoms with Gasteiger partial charge in [0, 0.05) is 5.56 Å². The van der Waals surface area contributed by atoms with Crippen molar-refractivity contribution < 1.29 is 9.47 Å². The lowest BCUT2D eigenvalue weighted by Crippen LogP contribution is -2.01. The van der Waals surface area contributed by atoms with Crippen molar-refractivity contribution in [1.82, 2.24) is 20.2 Å². The van der Waals surface area contributed by atoms with E-state index in [1.54, 1.807) is 23.9 Å². The van der Waals surface area contributed by atoms with Crippen molar-refractivity contribution in [1.29, 1.82) is 0 Å². The van der Waals surface area contributed by atoms with Gasteiger partial charge in [-0.25, -0.2) is 4.68 Å². The lowest BCUT2D eigenvalue weighted by molar-refractivity contribution is 0.405. The first-order valence-corrected chi connectivity index (χ1v) is 8.78. The monoisotopic (exact) mass is 392 g/mol. The third-order valence-corrected chi connectivity index (χ3v) is 4.40. The topological polar surface area (TPSA) is 62.1 Å². The summed E-state index contributed by atoms with van der Waals surface area (Å²) < 4.78 is 12.9. The molecule has 0 aliphatic heterocycles. The summed E-state index contributed by atoms with van der Waals surface area (Å²) >= 11 is 12.8. The van der Waals surface area contributed by atoms with Crippen molar-refractivity contribution in [2.45, 2.75) is 26.3 Å². The predicted molar refractivity (Wildman–Crippen MR) is 101 cm³/mol. The van der Waals surface area contributed by atoms with Crippen LogP contribution in [0.1, 0.15) is 30.9 Å². The molecule has 0 fully saturated rings. The fourth-order valence-corrected chi connectivity index (χ4v) is 3.20. The molecule has 0 amide bonds. The molecule has 0 radical (unpaired) electrons. The molecule has 3 rings (SSSR count). The first-order valence-electron chi connectivity index (χ1n) is 8.02. The second-order valence-corrected chi connectivity index (χ2v) is 6.87. The van der Waals surface area contributed by atoms with Crippen LogP contribution < -0.4 is 9.47 Å². The van der Waals surface area contributed by atoms with Crippen LogP contribution in [-0.2, 0) is 6.54 Å². The van der Waals surface area contributed by atoms with E-state index in [1.807, 2.05) is 18.2 Å². The number of ether oxygens (including phenoxy) is 2. The standard InChI is InChI=1S/C18H18Cl2N4O2/c1-11(2)14-8-13(4-5-17(14)25-3)26-18-15(19)6-12(7-16(18)20)9-24-10-21-22-23-24/h4-8,10-11H,9H2,1-3H3. The Bertz CT molecular complexity index is 875. The Labute approximate surface area is 161 Å². The van der Waals surface area contributed by atoms with E-state index in [1.165, 1.54) is 6.33 Å². The number of tetrazole rings is 1. The number of aromatic nitrogens is 4. The first kappa shape index (κ1) is 18.5. The lowest BCUT2D eigenvalue weighted by Gasteiger charge is -2.15. The molecule has 0 saturated carbocycles. The van der Waals surface area contributed by atoms with Gasteiger partial charge in [0.15, 0.2) is 5.75 Å². The van der Waals surface area contributed by atoms with Crippen LogP contribution in [0.4, 0.5) is 0 Å². The molecule has 1 heterocycles. The second-order valence-electron chi connectivity index (χ2n) is 6.06. The molecule has 1 aromatic heterocycles. The van der Waals surface area contributed by atoms with Crippen molar-refractivity contribution in [3.8, 4) is 17.2 Å². The Hall–Kier alpha value is -2.31. The Morgan fingerprint density at radius 3 is 2.42 bits per heavy atom. The quantitative estimate of drug-likeness (QED) is 0.593. The molecule has 8 heteroatoms. The molecule has 0 spiro atoms. The molecule has 0 aliphatic carbocycles. The van der Waals surface area contributed by atoms with Crippen LogP contribution in [0.5, 0.6) is 17.2 Å². The van der Waals surface area contributed by atoms with Crippen molar-refractivity contribution in [3.05, 3.63) is 57.8 Å². The van der Waals surface area contributed by atoms with Crippen LogP contribution in [0.25, 0.3) is 0 Å². The molecule has 26 heavy (non-hydrogen) atoms. The van der Waals surface area contributed by atoms with Gasteiger partial charge in [-0.1, -0.05) is 37.0 Å². The Morgan fingerprint density at radius 1 is 1.12 bits per heavy atom. The molecule has 0 aliphatic rings. The number of nitrogens with zero attached hydrogens (tertiary/aromatic N) is 4. The third kappa shape index (κ3) is 4.08. The first-order chi connectivity index (χ1) is 12.5. The maximum absolute atomic E-state index is 6.39. The van der Waals surface area contributed by atoms with Crippen molar-refractivity contribution in [3.63, 3.8) is 0 Å². The lowest BCUT2D eigenvalue weighted by atomic mass is 10.0. The van der Waals surface area contributed by atoms with Crippen molar-refractivity contribution in [2.75, 3.05) is 7.11 Å². The average molecular weight is 393 g/mol. The van der Waals surface area contributed by atoms with Gasteiger partial charge in [-0.05, 0) is 52.2 Å². The predicted octanol–water partition coefficient (Wildman–Crippen LogP) is 4.95. The van der Waals surface area contributed by atoms with Gasteiger partial charge in [-0.15, -0.1) is 5.10 Å². The number of benzene rings is 2. The highest BCUT2D eigenvalue weighted by molar-refractivity contribution is 6.37. The van der Waals surface area contributed by atoms with E-state index in [0.717, 1.165) is 16.9 Å². The smallest absolute Gasteiger partial charge is 0.164 e. The summed E-state index contributed by atoms with van der Waals surface area (Å²) in [6, 6.07) is 9.21. The average Bonchev–Trinajstić information content (AvgIpc) is 3.11. The second kappa shape index (κ2) is 7.93. The van der Waals surface area contributed by atoms with E-state index in [-0.39, 0.29) is 5.92 Å². The van der Waals surface area contributed by atoms with Gasteiger partial charge >= 0.3 is 0 Å². The zero-order chi connectivity index (χ0) is 18.7. The molecule has 2 aromatic carbocycles. The summed E-state index contributed by atoms with van der Waals surface area (Å²) in [7, 11) is 1.65. The van der Waals surface area contributed by atoms with Gasteiger partial charge in [0.1, 0.15) is 17.8 Å². The highest BCUT2D eigenvalue weighted by atomic mass is 35.5. The van der Waals surface area contributed by atoms with Gasteiger partial charge in [0.25, 0.3) is 0 Å². The van der Waals surface area contributed by atoms with E-state index < -0.39 is 0 Å². The summed E-state index contributed by atoms with van der Waals surface area (Å²) in [5.74, 6) is 2.17. The van der Waals surface area contributed by atoms with Crippen molar-refractivity contribution >= 4 is 23.2 Å². The SMILES string of the molecule is COc1ccc(Oc2c(Cl)cc(Cn3cnnn3)cc2Cl)cc1C(C)C. The zero-order valence-corrected chi connectivity index (χ0v) is 16.1. The van der Waals surface area contributed by atoms with E-state index in [0.29, 0.717) is 28.1 Å². The summed E-state index contributed by atoms with van der Waals surface area (Å²) in [5, 5.41) is 11.9. The zero-order valence-electron chi connectivity index (χ0n) is 14.6. The molecule has 3 aromatic rings. The molecule has 0 bridgehead atoms. The van der Waals surface area contributed by atoms with Crippen LogP contribution in [0.3, 0.4) is 0 Å². The minimum Gasteiger partial charge on any atom is -0.496 e. The van der Waals surface area contributed by atoms with Crippen molar-refractivity contribution in [2.24, 2.45) is 0 Å². The fraction of sp³-hybridized carbons (Fsp3) is 0.278. The largest absolute Gasteiger partial charge is 0.496 e. The highest BCUT2D eigenvalue weighted by Crippen LogP contribution is 2.39. The fourth-order valence-electron chi connectivity index (χ4n) is 2.59. The van der Waals surface area contributed by atoms with E-state index in [9.17, 15) is 0 Å². The van der Waals surface area contributed by atoms with E-state index in [2.05, 4.69) is 29.4 Å². The molecule has 0 unspecified atom stereocenters. The van der Waals surface area contributed by atoms with Gasteiger partial charge in [-0.3, -0.25) is 0 Å². The molecule has 0 N–H and O–H groups in total. The highest BCUT2D eigenvalue weighted by Gasteiger charge is 2.14. The normalized spacial score (nSPS) is 11.0. The molecule has 0 atom stereocenters. The number of halogens is 2. The number of hydrogen-bond acceptors (Lipinski definition) is 5. The minimum atomic E-state index is 0.290. The van der Waals surface area contributed by atoms with Gasteiger partial charge in [0.2, 0.25) is 0 Å². The maximum Gasteiger partial charge on any atom is 0.164 e. The van der Waals surface area contributed by atoms with E-state index >= 15 is 0 Å². The van der Waals surface area contributed by atoms with Gasteiger partial charge < -0.3 is 9.47 Å². The molecular weight excluding hydrogens is 375 g/mol. The maximum atomic E-state index is 6.39. The minimum absolute atomic E-state index is 0.290. The van der Waals surface area contributed by atoms with Gasteiger partial charge in [-0.2, -0.15) is 0 Å². The summed E-state index contributed by atoms with van der Waals surface area (Å²) in [4.78, 5) is 0. The van der Waals surface area contributed by atoms with Crippen LogP contribution in [0, 0.1) is 0 Å². The Balaban J connectivity index is 1.87.